The Bertz CT molecular complexity index is 1990. The summed E-state index contributed by atoms with van der Waals surface area (Å²) in [5, 5.41) is 25.6. The molecule has 51 heavy (non-hydrogen) atoms. The lowest BCUT2D eigenvalue weighted by Gasteiger charge is -2.16. The van der Waals surface area contributed by atoms with Gasteiger partial charge >= 0.3 is 5.97 Å². The van der Waals surface area contributed by atoms with Gasteiger partial charge in [-0.05, 0) is 60.6 Å². The molecule has 13 heteroatoms. The molecule has 6 rings (SSSR count). The number of carbonyl (C=O) groups is 2. The summed E-state index contributed by atoms with van der Waals surface area (Å²) < 4.78 is 7.61. The maximum atomic E-state index is 11.5. The van der Waals surface area contributed by atoms with Crippen LogP contribution in [-0.2, 0) is 29.1 Å². The number of aliphatic hydroxyl groups excluding tert-OH is 1. The van der Waals surface area contributed by atoms with E-state index in [1.165, 1.54) is 5.56 Å². The normalized spacial score (nSPS) is 14.4. The number of aromatic nitrogens is 2. The zero-order valence-electron chi connectivity index (χ0n) is 28.1. The minimum atomic E-state index is -1.14. The Morgan fingerprint density at radius 1 is 1.04 bits per heavy atom. The van der Waals surface area contributed by atoms with Crippen molar-refractivity contribution < 1.29 is 24.5 Å². The number of carbonyl (C=O) groups excluding carboxylic acids is 1. The van der Waals surface area contributed by atoms with Crippen LogP contribution in [0.1, 0.15) is 42.4 Å². The standard InChI is InChI=1S/C38H38Cl2N4O5.2H2S/c1-49-34-18-26(31(39)17-25(34)19-41-32(21-45)38(47)48)20-44-22-42-37-30(9-4-10-33(37)44)29-8-3-7-28(36(29)40)24-13-11-23(12-14-24)5-2-6-27-15-16-35(46)43-27;;/h3-4,7-14,17-18,22,27,32,41,45H,2,5-6,15-16,19-21H2,1H3,(H,43,46)(H,47,48);2*1H2/t27-,32+;;/m1../s1. The Labute approximate surface area is 321 Å². The molecule has 2 atom stereocenters. The van der Waals surface area contributed by atoms with Crippen molar-refractivity contribution in [1.82, 2.24) is 20.2 Å². The predicted molar refractivity (Wildman–Crippen MR) is 213 cm³/mol. The second-order valence-electron chi connectivity index (χ2n) is 12.3. The number of hydrogen-bond acceptors (Lipinski definition) is 6. The second-order valence-corrected chi connectivity index (χ2v) is 13.1. The quantitative estimate of drug-likeness (QED) is 0.0951. The molecule has 1 aliphatic rings. The topological polar surface area (TPSA) is 126 Å². The lowest BCUT2D eigenvalue weighted by Crippen LogP contribution is -2.39. The van der Waals surface area contributed by atoms with Gasteiger partial charge in [0.1, 0.15) is 11.8 Å². The highest BCUT2D eigenvalue weighted by Crippen LogP contribution is 2.39. The summed E-state index contributed by atoms with van der Waals surface area (Å²) in [6.45, 7) is 0.0453. The maximum Gasteiger partial charge on any atom is 0.323 e. The number of rotatable bonds is 14. The number of aryl methyl sites for hydroxylation is 1. The molecule has 1 aromatic heterocycles. The van der Waals surface area contributed by atoms with Gasteiger partial charge in [-0.2, -0.15) is 27.0 Å². The van der Waals surface area contributed by atoms with Gasteiger partial charge in [-0.1, -0.05) is 77.8 Å². The van der Waals surface area contributed by atoms with Crippen molar-refractivity contribution in [3.05, 3.63) is 106 Å². The number of para-hydroxylation sites is 1. The SMILES string of the molecule is COc1cc(Cn2cnc3c(-c4cccc(-c5ccc(CCC[C@@H]6CCC(=O)N6)cc5)c4Cl)cccc32)c(Cl)cc1CN[C@@H](CO)C(=O)O.S.S. The molecule has 1 saturated heterocycles. The summed E-state index contributed by atoms with van der Waals surface area (Å²) >= 11 is 13.8. The van der Waals surface area contributed by atoms with E-state index < -0.39 is 18.6 Å². The van der Waals surface area contributed by atoms with E-state index in [0.29, 0.717) is 40.4 Å². The highest BCUT2D eigenvalue weighted by atomic mass is 35.5. The molecule has 1 fully saturated rings. The molecule has 1 aliphatic heterocycles. The molecule has 0 spiro atoms. The third-order valence-corrected chi connectivity index (χ3v) is 9.88. The van der Waals surface area contributed by atoms with E-state index in [2.05, 4.69) is 34.9 Å². The van der Waals surface area contributed by atoms with E-state index in [9.17, 15) is 19.8 Å². The van der Waals surface area contributed by atoms with Crippen LogP contribution in [0.2, 0.25) is 10.0 Å². The van der Waals surface area contributed by atoms with Crippen LogP contribution < -0.4 is 15.4 Å². The van der Waals surface area contributed by atoms with Crippen molar-refractivity contribution in [3.8, 4) is 28.0 Å². The Hall–Kier alpha value is -3.71. The number of hydrogen-bond donors (Lipinski definition) is 4. The number of carboxylic acids is 1. The number of fused-ring (bicyclic) bond motifs is 1. The largest absolute Gasteiger partial charge is 0.496 e. The average Bonchev–Trinajstić information content (AvgIpc) is 3.72. The summed E-state index contributed by atoms with van der Waals surface area (Å²) in [6.07, 6.45) is 6.34. The minimum absolute atomic E-state index is 0. The molecular weight excluding hydrogens is 727 g/mol. The third-order valence-electron chi connectivity index (χ3n) is 9.12. The molecule has 0 aliphatic carbocycles. The molecule has 4 N–H and O–H groups in total. The lowest BCUT2D eigenvalue weighted by atomic mass is 9.96. The number of aliphatic hydroxyl groups is 1. The first-order chi connectivity index (χ1) is 23.7. The number of methoxy groups -OCH3 is 1. The first-order valence-electron chi connectivity index (χ1n) is 16.3. The Balaban J connectivity index is 0.00000292. The minimum Gasteiger partial charge on any atom is -0.496 e. The predicted octanol–water partition coefficient (Wildman–Crippen LogP) is 7.10. The van der Waals surface area contributed by atoms with Crippen molar-refractivity contribution in [2.75, 3.05) is 13.7 Å². The van der Waals surface area contributed by atoms with Crippen molar-refractivity contribution in [2.24, 2.45) is 0 Å². The number of halogens is 2. The summed E-state index contributed by atoms with van der Waals surface area (Å²) in [5.74, 6) is -0.428. The molecule has 2 heterocycles. The van der Waals surface area contributed by atoms with Crippen molar-refractivity contribution in [1.29, 1.82) is 0 Å². The van der Waals surface area contributed by atoms with Crippen LogP contribution in [0.3, 0.4) is 0 Å². The van der Waals surface area contributed by atoms with E-state index >= 15 is 0 Å². The molecule has 4 aromatic carbocycles. The fraction of sp³-hybridized carbons (Fsp3) is 0.289. The number of imidazole rings is 1. The fourth-order valence-corrected chi connectivity index (χ4v) is 7.01. The zero-order chi connectivity index (χ0) is 34.5. The van der Waals surface area contributed by atoms with Gasteiger partial charge < -0.3 is 24.8 Å². The van der Waals surface area contributed by atoms with Gasteiger partial charge in [-0.25, -0.2) is 4.98 Å². The van der Waals surface area contributed by atoms with Crippen LogP contribution in [0.5, 0.6) is 5.75 Å². The van der Waals surface area contributed by atoms with Crippen molar-refractivity contribution >= 4 is 73.1 Å². The Morgan fingerprint density at radius 2 is 1.76 bits per heavy atom. The van der Waals surface area contributed by atoms with Gasteiger partial charge in [0.05, 0.1) is 42.6 Å². The van der Waals surface area contributed by atoms with Crippen molar-refractivity contribution in [3.63, 3.8) is 0 Å². The molecule has 1 amide bonds. The summed E-state index contributed by atoms with van der Waals surface area (Å²) in [7, 11) is 1.54. The highest BCUT2D eigenvalue weighted by molar-refractivity contribution is 7.59. The molecule has 5 aromatic rings. The summed E-state index contributed by atoms with van der Waals surface area (Å²) in [5.41, 5.74) is 8.24. The number of benzene rings is 4. The van der Waals surface area contributed by atoms with Crippen LogP contribution in [0.4, 0.5) is 0 Å². The van der Waals surface area contributed by atoms with Gasteiger partial charge in [0, 0.05) is 46.3 Å². The monoisotopic (exact) mass is 768 g/mol. The number of nitrogens with one attached hydrogen (secondary N) is 2. The number of amides is 1. The third kappa shape index (κ3) is 9.21. The number of ether oxygens (including phenoxy) is 1. The molecule has 0 saturated carbocycles. The van der Waals surface area contributed by atoms with E-state index in [4.69, 9.17) is 32.9 Å². The van der Waals surface area contributed by atoms with Gasteiger partial charge in [0.25, 0.3) is 0 Å². The molecule has 0 bridgehead atoms. The molecular formula is C38H42Cl2N4O5S2. The van der Waals surface area contributed by atoms with Crippen LogP contribution in [-0.4, -0.2) is 57.4 Å². The smallest absolute Gasteiger partial charge is 0.323 e. The van der Waals surface area contributed by atoms with Gasteiger partial charge in [0.15, 0.2) is 0 Å². The van der Waals surface area contributed by atoms with Crippen molar-refractivity contribution in [2.45, 2.75) is 57.3 Å². The lowest BCUT2D eigenvalue weighted by molar-refractivity contribution is -0.140. The van der Waals surface area contributed by atoms with E-state index in [0.717, 1.165) is 64.5 Å². The first-order valence-corrected chi connectivity index (χ1v) is 17.0. The molecule has 0 radical (unpaired) electrons. The highest BCUT2D eigenvalue weighted by Gasteiger charge is 2.21. The van der Waals surface area contributed by atoms with Crippen LogP contribution >= 0.6 is 50.2 Å². The Kier molecular flexibility index (Phi) is 14.3. The molecule has 270 valence electrons. The first kappa shape index (κ1) is 40.1. The number of nitrogens with zero attached hydrogens (tertiary/aromatic N) is 2. The van der Waals surface area contributed by atoms with Crippen LogP contribution in [0.15, 0.2) is 79.1 Å². The number of carboxylic acid groups (broad SMARTS) is 1. The fourth-order valence-electron chi connectivity index (χ4n) is 6.42. The molecule has 0 unspecified atom stereocenters. The van der Waals surface area contributed by atoms with Gasteiger partial charge in [-0.15, -0.1) is 0 Å². The maximum absolute atomic E-state index is 11.5. The van der Waals surface area contributed by atoms with E-state index in [-0.39, 0.29) is 39.4 Å². The Morgan fingerprint density at radius 3 is 2.45 bits per heavy atom. The molecule has 9 nitrogen and oxygen atoms in total. The van der Waals surface area contributed by atoms with Crippen LogP contribution in [0, 0.1) is 0 Å². The average molecular weight is 770 g/mol. The van der Waals surface area contributed by atoms with E-state index in [1.807, 2.05) is 47.0 Å². The van der Waals surface area contributed by atoms with Gasteiger partial charge in [0.2, 0.25) is 5.91 Å². The van der Waals surface area contributed by atoms with E-state index in [1.54, 1.807) is 19.5 Å². The summed E-state index contributed by atoms with van der Waals surface area (Å²) in [4.78, 5) is 27.6. The van der Waals surface area contributed by atoms with Crippen LogP contribution in [0.25, 0.3) is 33.3 Å². The number of aliphatic carboxylic acids is 1. The zero-order valence-corrected chi connectivity index (χ0v) is 31.6. The summed E-state index contributed by atoms with van der Waals surface area (Å²) in [6, 6.07) is 23.4. The van der Waals surface area contributed by atoms with Gasteiger partial charge in [-0.3, -0.25) is 14.9 Å². The second kappa shape index (κ2) is 18.2.